The molecule has 2 amide bonds. The highest BCUT2D eigenvalue weighted by Gasteiger charge is 2.11. The first-order chi connectivity index (χ1) is 13.9. The third-order valence-corrected chi connectivity index (χ3v) is 3.85. The van der Waals surface area contributed by atoms with E-state index in [0.29, 0.717) is 29.7 Å². The lowest BCUT2D eigenvalue weighted by atomic mass is 10.1. The highest BCUT2D eigenvalue weighted by atomic mass is 19.1. The smallest absolute Gasteiger partial charge is 0.324 e. The number of benzene rings is 1. The van der Waals surface area contributed by atoms with Crippen molar-refractivity contribution in [3.05, 3.63) is 60.4 Å². The Morgan fingerprint density at radius 1 is 1.14 bits per heavy atom. The second kappa shape index (κ2) is 9.09. The van der Waals surface area contributed by atoms with E-state index < -0.39 is 11.8 Å². The number of aromatic nitrogens is 3. The van der Waals surface area contributed by atoms with Crippen LogP contribution in [-0.4, -0.2) is 27.6 Å². The highest BCUT2D eigenvalue weighted by molar-refractivity contribution is 5.99. The molecule has 0 saturated carbocycles. The molecule has 2 heterocycles. The number of hydrogen-bond donors (Lipinski definition) is 2. The quantitative estimate of drug-likeness (QED) is 0.633. The van der Waals surface area contributed by atoms with Crippen LogP contribution >= 0.6 is 0 Å². The van der Waals surface area contributed by atoms with Gasteiger partial charge in [-0.05, 0) is 37.1 Å². The Labute approximate surface area is 168 Å². The lowest BCUT2D eigenvalue weighted by molar-refractivity contribution is 0.262. The molecule has 0 aliphatic carbocycles. The molecule has 2 N–H and O–H groups in total. The summed E-state index contributed by atoms with van der Waals surface area (Å²) in [7, 11) is 0. The Hall–Kier alpha value is -3.55. The molecular formula is C21H22FN5O2. The number of carbonyl (C=O) groups is 1. The summed E-state index contributed by atoms with van der Waals surface area (Å²) < 4.78 is 20.1. The van der Waals surface area contributed by atoms with Gasteiger partial charge in [0.15, 0.2) is 5.82 Å². The van der Waals surface area contributed by atoms with E-state index in [1.807, 2.05) is 20.8 Å². The number of urea groups is 1. The van der Waals surface area contributed by atoms with E-state index in [1.54, 1.807) is 30.5 Å². The molecule has 150 valence electrons. The van der Waals surface area contributed by atoms with Crippen molar-refractivity contribution in [1.82, 2.24) is 15.0 Å². The number of amides is 2. The zero-order valence-corrected chi connectivity index (χ0v) is 16.4. The van der Waals surface area contributed by atoms with E-state index in [4.69, 9.17) is 4.74 Å². The van der Waals surface area contributed by atoms with Crippen LogP contribution in [0, 0.1) is 18.7 Å². The zero-order chi connectivity index (χ0) is 20.8. The lowest BCUT2D eigenvalue weighted by Crippen LogP contribution is -2.20. The van der Waals surface area contributed by atoms with Crippen molar-refractivity contribution in [1.29, 1.82) is 0 Å². The van der Waals surface area contributed by atoms with Gasteiger partial charge < -0.3 is 10.1 Å². The molecule has 8 heteroatoms. The Morgan fingerprint density at radius 2 is 1.97 bits per heavy atom. The van der Waals surface area contributed by atoms with Crippen LogP contribution in [-0.2, 0) is 0 Å². The van der Waals surface area contributed by atoms with Crippen LogP contribution in [0.1, 0.15) is 19.5 Å². The molecule has 0 aliphatic rings. The Morgan fingerprint density at radius 3 is 2.66 bits per heavy atom. The SMILES string of the molecule is Cc1ccc(NC(=O)Nc2cncc(-c3ccc(OCC(C)C)cc3F)n2)cn1. The van der Waals surface area contributed by atoms with Gasteiger partial charge in [-0.2, -0.15) is 0 Å². The summed E-state index contributed by atoms with van der Waals surface area (Å²) in [5, 5.41) is 5.23. The second-order valence-electron chi connectivity index (χ2n) is 6.90. The molecule has 29 heavy (non-hydrogen) atoms. The van der Waals surface area contributed by atoms with Crippen LogP contribution in [0.15, 0.2) is 48.9 Å². The largest absolute Gasteiger partial charge is 0.493 e. The molecule has 1 aromatic carbocycles. The van der Waals surface area contributed by atoms with Gasteiger partial charge in [0.1, 0.15) is 11.6 Å². The van der Waals surface area contributed by atoms with Crippen LogP contribution in [0.3, 0.4) is 0 Å². The summed E-state index contributed by atoms with van der Waals surface area (Å²) in [5.74, 6) is 0.508. The summed E-state index contributed by atoms with van der Waals surface area (Å²) in [6, 6.07) is 7.60. The van der Waals surface area contributed by atoms with Gasteiger partial charge in [-0.3, -0.25) is 15.3 Å². The Balaban J connectivity index is 1.70. The van der Waals surface area contributed by atoms with E-state index in [1.165, 1.54) is 18.5 Å². The summed E-state index contributed by atoms with van der Waals surface area (Å²) in [6.45, 7) is 6.39. The molecule has 7 nitrogen and oxygen atoms in total. The van der Waals surface area contributed by atoms with E-state index in [-0.39, 0.29) is 11.4 Å². The van der Waals surface area contributed by atoms with Crippen molar-refractivity contribution in [3.63, 3.8) is 0 Å². The molecule has 0 bridgehead atoms. The summed E-state index contributed by atoms with van der Waals surface area (Å²) in [6.07, 6.45) is 4.36. The van der Waals surface area contributed by atoms with E-state index >= 15 is 0 Å². The van der Waals surface area contributed by atoms with Gasteiger partial charge in [0, 0.05) is 17.3 Å². The fourth-order valence-electron chi connectivity index (χ4n) is 2.43. The minimum absolute atomic E-state index is 0.194. The number of nitrogens with zero attached hydrogens (tertiary/aromatic N) is 3. The monoisotopic (exact) mass is 395 g/mol. The third kappa shape index (κ3) is 5.71. The highest BCUT2D eigenvalue weighted by Crippen LogP contribution is 2.25. The summed E-state index contributed by atoms with van der Waals surface area (Å²) >= 11 is 0. The van der Waals surface area contributed by atoms with E-state index in [0.717, 1.165) is 5.69 Å². The zero-order valence-electron chi connectivity index (χ0n) is 16.4. The van der Waals surface area contributed by atoms with E-state index in [9.17, 15) is 9.18 Å². The van der Waals surface area contributed by atoms with Crippen LogP contribution in [0.5, 0.6) is 5.75 Å². The third-order valence-electron chi connectivity index (χ3n) is 3.85. The minimum atomic E-state index is -0.500. The molecule has 3 aromatic rings. The maximum absolute atomic E-state index is 14.5. The fourth-order valence-corrected chi connectivity index (χ4v) is 2.43. The Bertz CT molecular complexity index is 993. The average Bonchev–Trinajstić information content (AvgIpc) is 2.68. The molecule has 0 saturated heterocycles. The van der Waals surface area contributed by atoms with Gasteiger partial charge in [0.25, 0.3) is 0 Å². The average molecular weight is 395 g/mol. The van der Waals surface area contributed by atoms with Crippen molar-refractivity contribution >= 4 is 17.5 Å². The number of nitrogens with one attached hydrogen (secondary N) is 2. The number of hydrogen-bond acceptors (Lipinski definition) is 5. The summed E-state index contributed by atoms with van der Waals surface area (Å²) in [5.41, 5.74) is 1.95. The van der Waals surface area contributed by atoms with Crippen LogP contribution < -0.4 is 15.4 Å². The molecule has 0 aliphatic heterocycles. The normalized spacial score (nSPS) is 10.7. The number of halogens is 1. The van der Waals surface area contributed by atoms with Crippen molar-refractivity contribution in [2.75, 3.05) is 17.2 Å². The molecule has 2 aromatic heterocycles. The predicted octanol–water partition coefficient (Wildman–Crippen LogP) is 4.66. The van der Waals surface area contributed by atoms with Gasteiger partial charge in [0.05, 0.1) is 36.6 Å². The first-order valence-corrected chi connectivity index (χ1v) is 9.16. The molecule has 0 atom stereocenters. The van der Waals surface area contributed by atoms with Crippen molar-refractivity contribution in [3.8, 4) is 17.0 Å². The summed E-state index contributed by atoms with van der Waals surface area (Å²) in [4.78, 5) is 24.6. The molecule has 0 unspecified atom stereocenters. The standard InChI is InChI=1S/C21H22FN5O2/c1-13(2)12-29-16-6-7-17(18(22)8-16)19-10-23-11-20(26-19)27-21(28)25-15-5-4-14(3)24-9-15/h4-11,13H,12H2,1-3H3,(H2,25,26,27,28). The number of anilines is 2. The molecular weight excluding hydrogens is 373 g/mol. The van der Waals surface area contributed by atoms with Crippen molar-refractivity contribution < 1.29 is 13.9 Å². The maximum Gasteiger partial charge on any atom is 0.324 e. The first-order valence-electron chi connectivity index (χ1n) is 9.16. The van der Waals surface area contributed by atoms with Gasteiger partial charge in [-0.15, -0.1) is 0 Å². The van der Waals surface area contributed by atoms with Crippen LogP contribution in [0.4, 0.5) is 20.7 Å². The molecule has 0 fully saturated rings. The Kier molecular flexibility index (Phi) is 6.33. The van der Waals surface area contributed by atoms with Gasteiger partial charge in [-0.25, -0.2) is 14.2 Å². The lowest BCUT2D eigenvalue weighted by Gasteiger charge is -2.11. The first kappa shape index (κ1) is 20.2. The van der Waals surface area contributed by atoms with Crippen molar-refractivity contribution in [2.45, 2.75) is 20.8 Å². The van der Waals surface area contributed by atoms with Crippen LogP contribution in [0.2, 0.25) is 0 Å². The maximum atomic E-state index is 14.5. The van der Waals surface area contributed by atoms with Crippen molar-refractivity contribution in [2.24, 2.45) is 5.92 Å². The number of rotatable bonds is 6. The number of ether oxygens (including phenoxy) is 1. The number of pyridine rings is 1. The number of aryl methyl sites for hydroxylation is 1. The minimum Gasteiger partial charge on any atom is -0.493 e. The number of carbonyl (C=O) groups excluding carboxylic acids is 1. The van der Waals surface area contributed by atoms with Crippen LogP contribution in [0.25, 0.3) is 11.3 Å². The van der Waals surface area contributed by atoms with Gasteiger partial charge in [0.2, 0.25) is 0 Å². The predicted molar refractivity (Wildman–Crippen MR) is 109 cm³/mol. The van der Waals surface area contributed by atoms with Gasteiger partial charge in [-0.1, -0.05) is 13.8 Å². The molecule has 0 spiro atoms. The van der Waals surface area contributed by atoms with Gasteiger partial charge >= 0.3 is 6.03 Å². The molecule has 0 radical (unpaired) electrons. The fraction of sp³-hybridized carbons (Fsp3) is 0.238. The second-order valence-corrected chi connectivity index (χ2v) is 6.90. The van der Waals surface area contributed by atoms with E-state index in [2.05, 4.69) is 25.6 Å². The molecule has 3 rings (SSSR count). The topological polar surface area (TPSA) is 89.0 Å².